The van der Waals surface area contributed by atoms with Crippen molar-refractivity contribution in [3.8, 4) is 17.7 Å². The van der Waals surface area contributed by atoms with Crippen molar-refractivity contribution >= 4 is 15.9 Å². The summed E-state index contributed by atoms with van der Waals surface area (Å²) in [6, 6.07) is 1.75. The number of hydrogen-bond acceptors (Lipinski definition) is 4. The Bertz CT molecular complexity index is 471. The van der Waals surface area contributed by atoms with E-state index in [9.17, 15) is 13.2 Å². The number of aromatic nitrogens is 1. The maximum absolute atomic E-state index is 12.3. The highest BCUT2D eigenvalue weighted by Crippen LogP contribution is 2.35. The third kappa shape index (κ3) is 3.50. The van der Waals surface area contributed by atoms with E-state index in [2.05, 4.69) is 25.7 Å². The van der Waals surface area contributed by atoms with E-state index in [1.54, 1.807) is 6.07 Å². The van der Waals surface area contributed by atoms with E-state index in [0.717, 1.165) is 0 Å². The van der Waals surface area contributed by atoms with Gasteiger partial charge in [0.1, 0.15) is 5.75 Å². The molecule has 0 bridgehead atoms. The summed E-state index contributed by atoms with van der Waals surface area (Å²) in [4.78, 5) is 3.83. The van der Waals surface area contributed by atoms with Crippen LogP contribution in [0.5, 0.6) is 11.6 Å². The fourth-order valence-corrected chi connectivity index (χ4v) is 1.71. The van der Waals surface area contributed by atoms with Gasteiger partial charge in [0.05, 0.1) is 25.2 Å². The fourth-order valence-electron chi connectivity index (χ4n) is 1.31. The lowest BCUT2D eigenvalue weighted by molar-refractivity contribution is -0.275. The first-order chi connectivity index (χ1) is 8.42. The molecule has 0 radical (unpaired) electrons. The molecular weight excluding hydrogens is 317 g/mol. The summed E-state index contributed by atoms with van der Waals surface area (Å²) in [5.41, 5.74) is 0.174. The quantitative estimate of drug-likeness (QED) is 0.799. The van der Waals surface area contributed by atoms with Crippen LogP contribution >= 0.6 is 15.9 Å². The molecule has 0 aliphatic rings. The number of halogens is 4. The van der Waals surface area contributed by atoms with Crippen molar-refractivity contribution in [2.45, 2.75) is 18.1 Å². The van der Waals surface area contributed by atoms with Gasteiger partial charge in [0.25, 0.3) is 0 Å². The van der Waals surface area contributed by atoms with Crippen LogP contribution < -0.4 is 9.47 Å². The molecule has 98 valence electrons. The Morgan fingerprint density at radius 3 is 2.61 bits per heavy atom. The summed E-state index contributed by atoms with van der Waals surface area (Å²) in [5, 5.41) is 8.76. The van der Waals surface area contributed by atoms with Gasteiger partial charge in [0, 0.05) is 17.1 Å². The SMILES string of the molecule is COc1ncc(CBr)c(OC(F)(F)F)c1CC#N. The zero-order chi connectivity index (χ0) is 13.8. The number of methoxy groups -OCH3 is 1. The fraction of sp³-hybridized carbons (Fsp3) is 0.400. The molecule has 1 aromatic rings. The minimum Gasteiger partial charge on any atom is -0.481 e. The van der Waals surface area contributed by atoms with Crippen molar-refractivity contribution in [1.29, 1.82) is 5.26 Å². The van der Waals surface area contributed by atoms with E-state index in [1.165, 1.54) is 13.3 Å². The third-order valence-electron chi connectivity index (χ3n) is 1.97. The molecule has 0 spiro atoms. The molecule has 0 fully saturated rings. The molecule has 0 aliphatic heterocycles. The Labute approximate surface area is 109 Å². The molecule has 0 saturated carbocycles. The van der Waals surface area contributed by atoms with E-state index in [4.69, 9.17) is 10.00 Å². The number of ether oxygens (including phenoxy) is 2. The van der Waals surface area contributed by atoms with Gasteiger partial charge >= 0.3 is 6.36 Å². The van der Waals surface area contributed by atoms with Crippen LogP contribution in [0.2, 0.25) is 0 Å². The second-order valence-corrected chi connectivity index (χ2v) is 3.68. The van der Waals surface area contributed by atoms with E-state index >= 15 is 0 Å². The van der Waals surface area contributed by atoms with Gasteiger partial charge in [-0.2, -0.15) is 5.26 Å². The van der Waals surface area contributed by atoms with Gasteiger partial charge in [-0.1, -0.05) is 15.9 Å². The number of hydrogen-bond donors (Lipinski definition) is 0. The third-order valence-corrected chi connectivity index (χ3v) is 2.58. The van der Waals surface area contributed by atoms with E-state index < -0.39 is 12.1 Å². The van der Waals surface area contributed by atoms with E-state index in [1.807, 2.05) is 0 Å². The molecule has 0 unspecified atom stereocenters. The maximum atomic E-state index is 12.3. The van der Waals surface area contributed by atoms with Gasteiger partial charge in [-0.05, 0) is 0 Å². The summed E-state index contributed by atoms with van der Waals surface area (Å²) < 4.78 is 45.8. The van der Waals surface area contributed by atoms with Crippen molar-refractivity contribution in [3.05, 3.63) is 17.3 Å². The molecule has 0 aromatic carbocycles. The maximum Gasteiger partial charge on any atom is 0.573 e. The average molecular weight is 325 g/mol. The molecule has 0 N–H and O–H groups in total. The number of nitrogens with zero attached hydrogens (tertiary/aromatic N) is 2. The zero-order valence-electron chi connectivity index (χ0n) is 9.21. The van der Waals surface area contributed by atoms with Gasteiger partial charge in [-0.3, -0.25) is 0 Å². The first-order valence-electron chi connectivity index (χ1n) is 4.66. The molecule has 1 heterocycles. The number of rotatable bonds is 4. The number of nitriles is 1. The van der Waals surface area contributed by atoms with Crippen molar-refractivity contribution in [3.63, 3.8) is 0 Å². The molecule has 1 rings (SSSR count). The number of pyridine rings is 1. The minimum atomic E-state index is -4.84. The van der Waals surface area contributed by atoms with Gasteiger partial charge < -0.3 is 9.47 Å². The predicted octanol–water partition coefficient (Wildman–Crippen LogP) is 2.95. The van der Waals surface area contributed by atoms with Crippen LogP contribution in [0, 0.1) is 11.3 Å². The standard InChI is InChI=1S/C10H8BrF3N2O2/c1-17-9-7(2-3-15)8(18-10(12,13)14)6(4-11)5-16-9/h5H,2,4H2,1H3. The molecule has 18 heavy (non-hydrogen) atoms. The largest absolute Gasteiger partial charge is 0.573 e. The van der Waals surface area contributed by atoms with E-state index in [0.29, 0.717) is 0 Å². The molecular formula is C10H8BrF3N2O2. The second kappa shape index (κ2) is 5.91. The van der Waals surface area contributed by atoms with Crippen molar-refractivity contribution in [2.24, 2.45) is 0 Å². The van der Waals surface area contributed by atoms with E-state index in [-0.39, 0.29) is 28.8 Å². The van der Waals surface area contributed by atoms with Crippen LogP contribution in [0.25, 0.3) is 0 Å². The Balaban J connectivity index is 3.36. The predicted molar refractivity (Wildman–Crippen MR) is 59.4 cm³/mol. The summed E-state index contributed by atoms with van der Waals surface area (Å²) in [6.07, 6.45) is -3.93. The second-order valence-electron chi connectivity index (χ2n) is 3.12. The smallest absolute Gasteiger partial charge is 0.481 e. The van der Waals surface area contributed by atoms with Crippen LogP contribution in [-0.2, 0) is 11.8 Å². The lowest BCUT2D eigenvalue weighted by atomic mass is 10.1. The van der Waals surface area contributed by atoms with Gasteiger partial charge in [-0.25, -0.2) is 4.98 Å². The molecule has 0 atom stereocenters. The molecule has 1 aromatic heterocycles. The highest BCUT2D eigenvalue weighted by Gasteiger charge is 2.34. The van der Waals surface area contributed by atoms with Crippen molar-refractivity contribution < 1.29 is 22.6 Å². The highest BCUT2D eigenvalue weighted by molar-refractivity contribution is 9.08. The topological polar surface area (TPSA) is 55.1 Å². The van der Waals surface area contributed by atoms with Crippen LogP contribution in [0.3, 0.4) is 0 Å². The number of alkyl halides is 4. The monoisotopic (exact) mass is 324 g/mol. The highest BCUT2D eigenvalue weighted by atomic mass is 79.9. The van der Waals surface area contributed by atoms with Crippen LogP contribution in [0.1, 0.15) is 11.1 Å². The lowest BCUT2D eigenvalue weighted by Crippen LogP contribution is -2.19. The normalized spacial score (nSPS) is 10.9. The molecule has 0 amide bonds. The Morgan fingerprint density at radius 2 is 2.17 bits per heavy atom. The summed E-state index contributed by atoms with van der Waals surface area (Å²) in [7, 11) is 1.26. The first-order valence-corrected chi connectivity index (χ1v) is 5.78. The van der Waals surface area contributed by atoms with Crippen molar-refractivity contribution in [2.75, 3.05) is 7.11 Å². The van der Waals surface area contributed by atoms with Crippen molar-refractivity contribution in [1.82, 2.24) is 4.98 Å². The summed E-state index contributed by atoms with van der Waals surface area (Å²) in [5.74, 6) is -0.492. The van der Waals surface area contributed by atoms with Gasteiger partial charge in [-0.15, -0.1) is 13.2 Å². The van der Waals surface area contributed by atoms with Crippen LogP contribution in [0.4, 0.5) is 13.2 Å². The summed E-state index contributed by atoms with van der Waals surface area (Å²) >= 11 is 3.04. The average Bonchev–Trinajstić information content (AvgIpc) is 2.29. The van der Waals surface area contributed by atoms with Crippen LogP contribution in [-0.4, -0.2) is 18.5 Å². The minimum absolute atomic E-state index is 0.0192. The van der Waals surface area contributed by atoms with Gasteiger partial charge in [0.15, 0.2) is 0 Å². The Hall–Kier alpha value is -1.49. The van der Waals surface area contributed by atoms with Crippen LogP contribution in [0.15, 0.2) is 6.20 Å². The molecule has 0 saturated heterocycles. The Kier molecular flexibility index (Phi) is 4.78. The molecule has 8 heteroatoms. The molecule has 0 aliphatic carbocycles. The first kappa shape index (κ1) is 14.6. The lowest BCUT2D eigenvalue weighted by Gasteiger charge is -2.16. The summed E-state index contributed by atoms with van der Waals surface area (Å²) in [6.45, 7) is 0. The zero-order valence-corrected chi connectivity index (χ0v) is 10.8. The Morgan fingerprint density at radius 1 is 1.50 bits per heavy atom. The molecule has 4 nitrogen and oxygen atoms in total. The van der Waals surface area contributed by atoms with Gasteiger partial charge in [0.2, 0.25) is 5.88 Å².